The van der Waals surface area contributed by atoms with Crippen molar-refractivity contribution in [2.75, 3.05) is 38.8 Å². The van der Waals surface area contributed by atoms with Gasteiger partial charge in [0, 0.05) is 0 Å². The average Bonchev–Trinajstić information content (AvgIpc) is 2.00. The minimum atomic E-state index is -0.627. The molecule has 4 heteroatoms. The van der Waals surface area contributed by atoms with Gasteiger partial charge in [-0.15, -0.1) is 11.7 Å². The molecule has 2 aliphatic rings. The minimum Gasteiger partial charge on any atom is -0.378 e. The summed E-state index contributed by atoms with van der Waals surface area (Å²) in [5.41, 5.74) is 0. The molecule has 0 N–H and O–H groups in total. The topological polar surface area (TPSA) is 12.5 Å². The fourth-order valence-electron chi connectivity index (χ4n) is 2.25. The maximum Gasteiger partial charge on any atom is 0.0645 e. The lowest BCUT2D eigenvalue weighted by Gasteiger charge is -2.45. The molecule has 0 aromatic heterocycles. The summed E-state index contributed by atoms with van der Waals surface area (Å²) in [5.74, 6) is 0. The molecule has 14 heavy (non-hydrogen) atoms. The number of hydrogen-bond acceptors (Lipinski definition) is 3. The normalized spacial score (nSPS) is 28.8. The van der Waals surface area contributed by atoms with E-state index in [1.54, 1.807) is 0 Å². The smallest absolute Gasteiger partial charge is 0.0645 e. The lowest BCUT2D eigenvalue weighted by molar-refractivity contribution is -0.0694. The van der Waals surface area contributed by atoms with Crippen LogP contribution in [-0.2, 0) is 4.74 Å². The average molecular weight is 235 g/mol. The summed E-state index contributed by atoms with van der Waals surface area (Å²) >= 11 is 4.76. The van der Waals surface area contributed by atoms with Crippen LogP contribution in [0.5, 0.6) is 0 Å². The standard InChI is InChI=1S/C10H21NOS2/c1-14(2,13)10-3-5-11(6-4-10)9-7-12-8-9/h9-10,13H,3-8H2,1-2H3. The van der Waals surface area contributed by atoms with E-state index >= 15 is 0 Å². The third-order valence-electron chi connectivity index (χ3n) is 3.43. The summed E-state index contributed by atoms with van der Waals surface area (Å²) in [5, 5.41) is 0.864. The van der Waals surface area contributed by atoms with E-state index in [0.717, 1.165) is 24.5 Å². The van der Waals surface area contributed by atoms with Gasteiger partial charge in [-0.3, -0.25) is 4.90 Å². The van der Waals surface area contributed by atoms with Crippen molar-refractivity contribution < 1.29 is 4.74 Å². The maximum atomic E-state index is 5.23. The molecular weight excluding hydrogens is 214 g/mol. The highest BCUT2D eigenvalue weighted by molar-refractivity contribution is 8.87. The molecule has 2 aliphatic heterocycles. The zero-order valence-corrected chi connectivity index (χ0v) is 10.8. The molecule has 2 heterocycles. The minimum absolute atomic E-state index is 0.627. The van der Waals surface area contributed by atoms with Gasteiger partial charge in [0.2, 0.25) is 0 Å². The number of rotatable bonds is 2. The molecular formula is C10H21NOS2. The summed E-state index contributed by atoms with van der Waals surface area (Å²) in [7, 11) is -0.627. The van der Waals surface area contributed by atoms with Gasteiger partial charge < -0.3 is 4.74 Å². The molecule has 0 aliphatic carbocycles. The Kier molecular flexibility index (Phi) is 3.37. The Morgan fingerprint density at radius 1 is 1.21 bits per heavy atom. The van der Waals surface area contributed by atoms with Crippen molar-refractivity contribution in [1.82, 2.24) is 4.90 Å². The summed E-state index contributed by atoms with van der Waals surface area (Å²) < 4.78 is 5.23. The maximum absolute atomic E-state index is 5.23. The first-order valence-electron chi connectivity index (χ1n) is 5.34. The first-order chi connectivity index (χ1) is 6.57. The second-order valence-electron chi connectivity index (χ2n) is 4.78. The molecule has 0 bridgehead atoms. The first kappa shape index (κ1) is 11.1. The quantitative estimate of drug-likeness (QED) is 0.578. The van der Waals surface area contributed by atoms with Gasteiger partial charge in [0.05, 0.1) is 19.3 Å². The van der Waals surface area contributed by atoms with Crippen LogP contribution in [-0.4, -0.2) is 55.0 Å². The Bertz CT molecular complexity index is 193. The number of ether oxygens (including phenoxy) is 1. The fraction of sp³-hybridized carbons (Fsp3) is 1.00. The molecule has 2 saturated heterocycles. The Labute approximate surface area is 93.5 Å². The summed E-state index contributed by atoms with van der Waals surface area (Å²) in [4.78, 5) is 2.60. The fourth-order valence-corrected chi connectivity index (χ4v) is 4.25. The van der Waals surface area contributed by atoms with E-state index in [4.69, 9.17) is 16.4 Å². The van der Waals surface area contributed by atoms with Crippen LogP contribution < -0.4 is 0 Å². The third kappa shape index (κ3) is 2.40. The molecule has 0 aromatic rings. The van der Waals surface area contributed by atoms with Crippen LogP contribution in [0.25, 0.3) is 0 Å². The van der Waals surface area contributed by atoms with Crippen LogP contribution in [0.3, 0.4) is 0 Å². The van der Waals surface area contributed by atoms with Gasteiger partial charge in [-0.1, -0.05) is 0 Å². The second-order valence-corrected chi connectivity index (χ2v) is 11.0. The summed E-state index contributed by atoms with van der Waals surface area (Å²) in [6.07, 6.45) is 7.32. The van der Waals surface area contributed by atoms with Crippen molar-refractivity contribution in [3.63, 3.8) is 0 Å². The molecule has 0 radical (unpaired) electrons. The number of likely N-dealkylation sites (tertiary alicyclic amines) is 1. The van der Waals surface area contributed by atoms with Gasteiger partial charge in [-0.25, -0.2) is 0 Å². The Morgan fingerprint density at radius 3 is 2.14 bits per heavy atom. The Hall–Kier alpha value is 0.620. The van der Waals surface area contributed by atoms with E-state index in [0.29, 0.717) is 0 Å². The van der Waals surface area contributed by atoms with Gasteiger partial charge in [-0.05, 0) is 43.7 Å². The highest BCUT2D eigenvalue weighted by Crippen LogP contribution is 2.53. The van der Waals surface area contributed by atoms with E-state index in [9.17, 15) is 0 Å². The second kappa shape index (κ2) is 4.24. The molecule has 0 atom stereocenters. The predicted octanol–water partition coefficient (Wildman–Crippen LogP) is 1.76. The van der Waals surface area contributed by atoms with E-state index < -0.39 is 9.06 Å². The van der Waals surface area contributed by atoms with Crippen molar-refractivity contribution in [3.05, 3.63) is 0 Å². The summed E-state index contributed by atoms with van der Waals surface area (Å²) in [6, 6.07) is 0.731. The SMILES string of the molecule is CS(C)(S)C1CCN(C2COC2)CC1. The van der Waals surface area contributed by atoms with Gasteiger partial charge >= 0.3 is 0 Å². The predicted molar refractivity (Wildman–Crippen MR) is 67.6 cm³/mol. The number of hydrogen-bond donors (Lipinski definition) is 1. The molecule has 0 aromatic carbocycles. The van der Waals surface area contributed by atoms with Crippen LogP contribution in [0, 0.1) is 0 Å². The van der Waals surface area contributed by atoms with Crippen LogP contribution in [0.2, 0.25) is 0 Å². The van der Waals surface area contributed by atoms with E-state index in [1.807, 2.05) is 0 Å². The largest absolute Gasteiger partial charge is 0.378 e. The molecule has 84 valence electrons. The highest BCUT2D eigenvalue weighted by Gasteiger charge is 2.32. The van der Waals surface area contributed by atoms with Crippen LogP contribution in [0.4, 0.5) is 0 Å². The van der Waals surface area contributed by atoms with Gasteiger partial charge in [0.15, 0.2) is 0 Å². The van der Waals surface area contributed by atoms with Gasteiger partial charge in [0.1, 0.15) is 0 Å². The van der Waals surface area contributed by atoms with Gasteiger partial charge in [0.25, 0.3) is 0 Å². The van der Waals surface area contributed by atoms with Crippen molar-refractivity contribution in [1.29, 1.82) is 0 Å². The van der Waals surface area contributed by atoms with E-state index in [-0.39, 0.29) is 0 Å². The monoisotopic (exact) mass is 235 g/mol. The highest BCUT2D eigenvalue weighted by atomic mass is 33.1. The molecule has 0 spiro atoms. The van der Waals surface area contributed by atoms with Crippen LogP contribution >= 0.6 is 20.7 Å². The van der Waals surface area contributed by atoms with Crippen molar-refractivity contribution in [2.45, 2.75) is 24.1 Å². The number of piperidine rings is 1. The summed E-state index contributed by atoms with van der Waals surface area (Å²) in [6.45, 7) is 4.44. The van der Waals surface area contributed by atoms with Crippen molar-refractivity contribution >= 4 is 20.7 Å². The van der Waals surface area contributed by atoms with Crippen molar-refractivity contribution in [3.8, 4) is 0 Å². The molecule has 0 unspecified atom stereocenters. The van der Waals surface area contributed by atoms with E-state index in [2.05, 4.69) is 17.4 Å². The molecule has 2 fully saturated rings. The van der Waals surface area contributed by atoms with E-state index in [1.165, 1.54) is 25.9 Å². The van der Waals surface area contributed by atoms with Crippen LogP contribution in [0.1, 0.15) is 12.8 Å². The molecule has 2 rings (SSSR count). The van der Waals surface area contributed by atoms with Gasteiger partial charge in [-0.2, -0.15) is 9.06 Å². The Balaban J connectivity index is 1.80. The molecule has 2 nitrogen and oxygen atoms in total. The third-order valence-corrected chi connectivity index (χ3v) is 6.43. The zero-order chi connectivity index (χ0) is 10.2. The number of nitrogens with zero attached hydrogens (tertiary/aromatic N) is 1. The number of thiol groups is 1. The lowest BCUT2D eigenvalue weighted by Crippen LogP contribution is -2.52. The lowest BCUT2D eigenvalue weighted by atomic mass is 10.1. The molecule has 0 saturated carbocycles. The van der Waals surface area contributed by atoms with Crippen molar-refractivity contribution in [2.24, 2.45) is 0 Å². The first-order valence-corrected chi connectivity index (χ1v) is 8.90. The molecule has 0 amide bonds. The van der Waals surface area contributed by atoms with Crippen LogP contribution in [0.15, 0.2) is 0 Å². The zero-order valence-electron chi connectivity index (χ0n) is 9.11. The Morgan fingerprint density at radius 2 is 1.79 bits per heavy atom.